The summed E-state index contributed by atoms with van der Waals surface area (Å²) in [5.41, 5.74) is 2.20. The summed E-state index contributed by atoms with van der Waals surface area (Å²) >= 11 is 0. The van der Waals surface area contributed by atoms with Crippen LogP contribution in [0.5, 0.6) is 17.5 Å². The molecule has 0 fully saturated rings. The molecule has 0 atom stereocenters. The van der Waals surface area contributed by atoms with E-state index >= 15 is 0 Å². The second-order valence-electron chi connectivity index (χ2n) is 4.19. The van der Waals surface area contributed by atoms with Crippen LogP contribution < -0.4 is 9.47 Å². The molecule has 1 aromatic carbocycles. The van der Waals surface area contributed by atoms with E-state index in [4.69, 9.17) is 9.47 Å². The Labute approximate surface area is 107 Å². The molecular weight excluding hydrogens is 228 g/mol. The number of methoxy groups -OCH3 is 1. The number of aryl methyl sites for hydroxylation is 2. The first-order valence-electron chi connectivity index (χ1n) is 6.00. The summed E-state index contributed by atoms with van der Waals surface area (Å²) in [4.78, 5) is 0. The van der Waals surface area contributed by atoms with E-state index in [2.05, 4.69) is 12.0 Å². The van der Waals surface area contributed by atoms with Crippen LogP contribution >= 0.6 is 0 Å². The van der Waals surface area contributed by atoms with Gasteiger partial charge < -0.3 is 9.47 Å². The Morgan fingerprint density at radius 2 is 1.89 bits per heavy atom. The van der Waals surface area contributed by atoms with Crippen molar-refractivity contribution >= 4 is 0 Å². The van der Waals surface area contributed by atoms with Crippen LogP contribution in [0, 0.1) is 6.92 Å². The molecule has 0 saturated heterocycles. The van der Waals surface area contributed by atoms with E-state index in [0.29, 0.717) is 5.88 Å². The molecule has 0 amide bonds. The second-order valence-corrected chi connectivity index (χ2v) is 4.19. The van der Waals surface area contributed by atoms with Gasteiger partial charge in [0, 0.05) is 7.05 Å². The predicted molar refractivity (Wildman–Crippen MR) is 70.4 cm³/mol. The van der Waals surface area contributed by atoms with Crippen molar-refractivity contribution in [2.45, 2.75) is 20.3 Å². The summed E-state index contributed by atoms with van der Waals surface area (Å²) in [7, 11) is 3.47. The lowest BCUT2D eigenvalue weighted by Crippen LogP contribution is -1.96. The quantitative estimate of drug-likeness (QED) is 0.831. The van der Waals surface area contributed by atoms with Crippen molar-refractivity contribution in [3.05, 3.63) is 35.4 Å². The lowest BCUT2D eigenvalue weighted by Gasteiger charge is -2.07. The van der Waals surface area contributed by atoms with Gasteiger partial charge in [-0.2, -0.15) is 0 Å². The summed E-state index contributed by atoms with van der Waals surface area (Å²) in [6.45, 7) is 4.11. The van der Waals surface area contributed by atoms with Crippen LogP contribution in [0.25, 0.3) is 0 Å². The topological polar surface area (TPSA) is 36.3 Å². The molecule has 0 bridgehead atoms. The van der Waals surface area contributed by atoms with E-state index in [1.807, 2.05) is 38.2 Å². The minimum Gasteiger partial charge on any atom is -0.480 e. The average molecular weight is 246 g/mol. The minimum atomic E-state index is 0.627. The molecule has 1 heterocycles. The highest BCUT2D eigenvalue weighted by molar-refractivity contribution is 5.39. The maximum atomic E-state index is 5.89. The first-order chi connectivity index (χ1) is 8.65. The Balaban J connectivity index is 2.33. The van der Waals surface area contributed by atoms with Crippen LogP contribution in [0.3, 0.4) is 0 Å². The fourth-order valence-electron chi connectivity index (χ4n) is 1.84. The molecule has 2 rings (SSSR count). The van der Waals surface area contributed by atoms with Gasteiger partial charge in [-0.3, -0.25) is 0 Å². The average Bonchev–Trinajstić information content (AvgIpc) is 2.68. The lowest BCUT2D eigenvalue weighted by atomic mass is 10.2. The molecule has 1 aromatic heterocycles. The largest absolute Gasteiger partial charge is 0.480 e. The third-order valence-electron chi connectivity index (χ3n) is 2.83. The van der Waals surface area contributed by atoms with Crippen LogP contribution in [0.15, 0.2) is 24.3 Å². The summed E-state index contributed by atoms with van der Waals surface area (Å²) < 4.78 is 12.8. The van der Waals surface area contributed by atoms with Gasteiger partial charge in [-0.15, -0.1) is 5.10 Å². The third kappa shape index (κ3) is 2.32. The standard InChI is InChI=1S/C14H18N2O2/c1-5-12-13(17-4)15-16(3)14(12)18-11-8-6-10(2)7-9-11/h6-9H,5H2,1-4H3. The van der Waals surface area contributed by atoms with Crippen LogP contribution in [-0.4, -0.2) is 16.9 Å². The van der Waals surface area contributed by atoms with E-state index in [1.165, 1.54) is 5.56 Å². The van der Waals surface area contributed by atoms with E-state index in [1.54, 1.807) is 11.8 Å². The fourth-order valence-corrected chi connectivity index (χ4v) is 1.84. The number of hydrogen-bond acceptors (Lipinski definition) is 3. The molecule has 0 aliphatic rings. The van der Waals surface area contributed by atoms with Crippen molar-refractivity contribution in [2.24, 2.45) is 7.05 Å². The van der Waals surface area contributed by atoms with Crippen LogP contribution in [-0.2, 0) is 13.5 Å². The Morgan fingerprint density at radius 3 is 2.44 bits per heavy atom. The van der Waals surface area contributed by atoms with E-state index in [9.17, 15) is 0 Å². The number of hydrogen-bond donors (Lipinski definition) is 0. The monoisotopic (exact) mass is 246 g/mol. The first-order valence-corrected chi connectivity index (χ1v) is 6.00. The molecule has 0 unspecified atom stereocenters. The summed E-state index contributed by atoms with van der Waals surface area (Å²) in [6, 6.07) is 7.95. The normalized spacial score (nSPS) is 10.4. The number of benzene rings is 1. The Kier molecular flexibility index (Phi) is 3.55. The highest BCUT2D eigenvalue weighted by atomic mass is 16.5. The molecule has 0 aliphatic carbocycles. The zero-order valence-corrected chi connectivity index (χ0v) is 11.2. The zero-order valence-electron chi connectivity index (χ0n) is 11.2. The summed E-state index contributed by atoms with van der Waals surface area (Å²) in [5, 5.41) is 4.28. The van der Waals surface area contributed by atoms with Gasteiger partial charge in [-0.05, 0) is 25.5 Å². The SMILES string of the molecule is CCc1c(OC)nn(C)c1Oc1ccc(C)cc1. The van der Waals surface area contributed by atoms with Gasteiger partial charge in [-0.1, -0.05) is 24.6 Å². The lowest BCUT2D eigenvalue weighted by molar-refractivity contribution is 0.387. The molecule has 0 aliphatic heterocycles. The van der Waals surface area contributed by atoms with E-state index < -0.39 is 0 Å². The van der Waals surface area contributed by atoms with Crippen molar-refractivity contribution < 1.29 is 9.47 Å². The van der Waals surface area contributed by atoms with Crippen molar-refractivity contribution in [2.75, 3.05) is 7.11 Å². The number of aromatic nitrogens is 2. The van der Waals surface area contributed by atoms with Crippen LogP contribution in [0.4, 0.5) is 0 Å². The van der Waals surface area contributed by atoms with Gasteiger partial charge in [0.15, 0.2) is 0 Å². The Morgan fingerprint density at radius 1 is 1.22 bits per heavy atom. The Hall–Kier alpha value is -1.97. The molecule has 0 spiro atoms. The van der Waals surface area contributed by atoms with Gasteiger partial charge in [0.2, 0.25) is 11.8 Å². The minimum absolute atomic E-state index is 0.627. The molecule has 0 radical (unpaired) electrons. The van der Waals surface area contributed by atoms with Crippen LogP contribution in [0.2, 0.25) is 0 Å². The van der Waals surface area contributed by atoms with Gasteiger partial charge in [0.05, 0.1) is 12.7 Å². The second kappa shape index (κ2) is 5.12. The highest BCUT2D eigenvalue weighted by Gasteiger charge is 2.17. The molecule has 96 valence electrons. The molecule has 4 nitrogen and oxygen atoms in total. The van der Waals surface area contributed by atoms with E-state index in [-0.39, 0.29) is 0 Å². The fraction of sp³-hybridized carbons (Fsp3) is 0.357. The van der Waals surface area contributed by atoms with Gasteiger partial charge in [0.25, 0.3) is 0 Å². The van der Waals surface area contributed by atoms with Crippen molar-refractivity contribution in [1.29, 1.82) is 0 Å². The van der Waals surface area contributed by atoms with Gasteiger partial charge in [-0.25, -0.2) is 4.68 Å². The van der Waals surface area contributed by atoms with Gasteiger partial charge >= 0.3 is 0 Å². The maximum absolute atomic E-state index is 5.89. The number of rotatable bonds is 4. The molecule has 0 saturated carbocycles. The molecule has 0 N–H and O–H groups in total. The summed E-state index contributed by atoms with van der Waals surface area (Å²) in [5.74, 6) is 2.17. The number of nitrogens with zero attached hydrogens (tertiary/aromatic N) is 2. The Bertz CT molecular complexity index is 529. The van der Waals surface area contributed by atoms with Gasteiger partial charge in [0.1, 0.15) is 5.75 Å². The zero-order chi connectivity index (χ0) is 13.1. The predicted octanol–water partition coefficient (Wildman–Crippen LogP) is 3.09. The molecule has 2 aromatic rings. The highest BCUT2D eigenvalue weighted by Crippen LogP contribution is 2.31. The first kappa shape index (κ1) is 12.5. The van der Waals surface area contributed by atoms with E-state index in [0.717, 1.165) is 23.6 Å². The van der Waals surface area contributed by atoms with Crippen molar-refractivity contribution in [3.63, 3.8) is 0 Å². The maximum Gasteiger partial charge on any atom is 0.239 e. The summed E-state index contributed by atoms with van der Waals surface area (Å²) in [6.07, 6.45) is 0.818. The molecular formula is C14H18N2O2. The van der Waals surface area contributed by atoms with Crippen LogP contribution in [0.1, 0.15) is 18.1 Å². The van der Waals surface area contributed by atoms with Crippen molar-refractivity contribution in [3.8, 4) is 17.5 Å². The molecule has 4 heteroatoms. The van der Waals surface area contributed by atoms with Crippen molar-refractivity contribution in [1.82, 2.24) is 9.78 Å². The third-order valence-corrected chi connectivity index (χ3v) is 2.83. The molecule has 18 heavy (non-hydrogen) atoms. The smallest absolute Gasteiger partial charge is 0.239 e. The number of ether oxygens (including phenoxy) is 2.